The number of rotatable bonds is 7. The molecule has 4 heteroatoms. The number of amides is 1. The van der Waals surface area contributed by atoms with Gasteiger partial charge in [0.2, 0.25) is 5.91 Å². The van der Waals surface area contributed by atoms with Crippen molar-refractivity contribution in [3.63, 3.8) is 0 Å². The second-order valence-corrected chi connectivity index (χ2v) is 5.70. The maximum atomic E-state index is 10.9. The van der Waals surface area contributed by atoms with E-state index in [9.17, 15) is 4.79 Å². The van der Waals surface area contributed by atoms with E-state index < -0.39 is 0 Å². The van der Waals surface area contributed by atoms with E-state index in [1.54, 1.807) is 0 Å². The Morgan fingerprint density at radius 1 is 1.38 bits per heavy atom. The fraction of sp³-hybridized carbons (Fsp3) is 0.833. The van der Waals surface area contributed by atoms with Gasteiger partial charge in [-0.15, -0.1) is 0 Å². The van der Waals surface area contributed by atoms with Crippen LogP contribution in [0, 0.1) is 16.7 Å². The van der Waals surface area contributed by atoms with Crippen LogP contribution in [-0.2, 0) is 4.79 Å². The predicted molar refractivity (Wildman–Crippen MR) is 64.5 cm³/mol. The number of carbonyl (C=O) groups is 1. The van der Waals surface area contributed by atoms with Gasteiger partial charge in [0.05, 0.1) is 6.07 Å². The highest BCUT2D eigenvalue weighted by atomic mass is 16.1. The van der Waals surface area contributed by atoms with Crippen LogP contribution in [0.4, 0.5) is 0 Å². The van der Waals surface area contributed by atoms with Crippen LogP contribution in [0.2, 0.25) is 0 Å². The van der Waals surface area contributed by atoms with Crippen molar-refractivity contribution in [3.05, 3.63) is 0 Å². The van der Waals surface area contributed by atoms with Gasteiger partial charge in [-0.1, -0.05) is 13.8 Å². The summed E-state index contributed by atoms with van der Waals surface area (Å²) in [4.78, 5) is 10.9. The van der Waals surface area contributed by atoms with Gasteiger partial charge in [-0.25, -0.2) is 0 Å². The molecule has 0 radical (unpaired) electrons. The van der Waals surface area contributed by atoms with E-state index in [0.29, 0.717) is 12.8 Å². The van der Waals surface area contributed by atoms with Crippen LogP contribution < -0.4 is 11.1 Å². The highest BCUT2D eigenvalue weighted by Crippen LogP contribution is 2.22. The molecule has 3 N–H and O–H groups in total. The van der Waals surface area contributed by atoms with Crippen molar-refractivity contribution in [1.29, 1.82) is 5.26 Å². The average molecular weight is 225 g/mol. The van der Waals surface area contributed by atoms with E-state index >= 15 is 0 Å². The van der Waals surface area contributed by atoms with Gasteiger partial charge in [0.25, 0.3) is 0 Å². The van der Waals surface area contributed by atoms with Crippen molar-refractivity contribution in [2.24, 2.45) is 11.1 Å². The molecular formula is C12H23N3O. The summed E-state index contributed by atoms with van der Waals surface area (Å²) in [6.07, 6.45) is 1.73. The largest absolute Gasteiger partial charge is 0.370 e. The molecule has 0 bridgehead atoms. The van der Waals surface area contributed by atoms with E-state index in [-0.39, 0.29) is 16.9 Å². The number of nitriles is 1. The highest BCUT2D eigenvalue weighted by molar-refractivity contribution is 5.74. The molecule has 0 aliphatic heterocycles. The second-order valence-electron chi connectivity index (χ2n) is 5.70. The van der Waals surface area contributed by atoms with Crippen LogP contribution in [-0.4, -0.2) is 18.0 Å². The molecule has 0 rings (SSSR count). The molecule has 92 valence electrons. The number of primary amides is 1. The van der Waals surface area contributed by atoms with Gasteiger partial charge in [0, 0.05) is 24.9 Å². The molecule has 0 aliphatic carbocycles. The standard InChI is InChI=1S/C12H23N3O/c1-11(2,6-5-7-13)9-15-12(3,4)8-10(14)16/h15H,5-6,8-9H2,1-4H3,(H2,14,16). The summed E-state index contributed by atoms with van der Waals surface area (Å²) in [7, 11) is 0. The summed E-state index contributed by atoms with van der Waals surface area (Å²) >= 11 is 0. The maximum absolute atomic E-state index is 10.9. The molecule has 0 aromatic heterocycles. The van der Waals surface area contributed by atoms with Crippen LogP contribution in [0.25, 0.3) is 0 Å². The van der Waals surface area contributed by atoms with E-state index in [4.69, 9.17) is 11.0 Å². The van der Waals surface area contributed by atoms with Gasteiger partial charge in [-0.3, -0.25) is 4.79 Å². The summed E-state index contributed by atoms with van der Waals surface area (Å²) < 4.78 is 0. The van der Waals surface area contributed by atoms with Gasteiger partial charge >= 0.3 is 0 Å². The molecule has 0 heterocycles. The lowest BCUT2D eigenvalue weighted by Crippen LogP contribution is -2.46. The first-order chi connectivity index (χ1) is 7.18. The zero-order valence-corrected chi connectivity index (χ0v) is 10.8. The molecular weight excluding hydrogens is 202 g/mol. The van der Waals surface area contributed by atoms with Crippen molar-refractivity contribution in [1.82, 2.24) is 5.32 Å². The summed E-state index contributed by atoms with van der Waals surface area (Å²) in [5, 5.41) is 11.9. The number of hydrogen-bond acceptors (Lipinski definition) is 3. The Balaban J connectivity index is 4.12. The van der Waals surface area contributed by atoms with Crippen LogP contribution in [0.15, 0.2) is 0 Å². The number of nitrogens with zero attached hydrogens (tertiary/aromatic N) is 1. The third-order valence-electron chi connectivity index (χ3n) is 2.58. The first kappa shape index (κ1) is 14.9. The lowest BCUT2D eigenvalue weighted by molar-refractivity contribution is -0.119. The van der Waals surface area contributed by atoms with Crippen molar-refractivity contribution < 1.29 is 4.79 Å². The smallest absolute Gasteiger partial charge is 0.219 e. The minimum Gasteiger partial charge on any atom is -0.370 e. The molecule has 0 saturated heterocycles. The lowest BCUT2D eigenvalue weighted by Gasteiger charge is -2.31. The van der Waals surface area contributed by atoms with Gasteiger partial charge in [-0.05, 0) is 25.7 Å². The van der Waals surface area contributed by atoms with E-state index in [0.717, 1.165) is 13.0 Å². The molecule has 0 aromatic carbocycles. The Labute approximate surface area is 98.2 Å². The minimum absolute atomic E-state index is 0.0602. The van der Waals surface area contributed by atoms with E-state index in [2.05, 4.69) is 25.2 Å². The number of hydrogen-bond donors (Lipinski definition) is 2. The SMILES string of the molecule is CC(C)(CCC#N)CNC(C)(C)CC(N)=O. The summed E-state index contributed by atoms with van der Waals surface area (Å²) in [6, 6.07) is 2.15. The average Bonchev–Trinajstić information content (AvgIpc) is 2.10. The fourth-order valence-corrected chi connectivity index (χ4v) is 1.46. The van der Waals surface area contributed by atoms with E-state index in [1.165, 1.54) is 0 Å². The fourth-order valence-electron chi connectivity index (χ4n) is 1.46. The number of nitrogens with two attached hydrogens (primary N) is 1. The monoisotopic (exact) mass is 225 g/mol. The quantitative estimate of drug-likeness (QED) is 0.690. The van der Waals surface area contributed by atoms with Crippen LogP contribution in [0.1, 0.15) is 47.0 Å². The predicted octanol–water partition coefficient (Wildman–Crippen LogP) is 1.56. The van der Waals surface area contributed by atoms with Crippen molar-refractivity contribution in [2.75, 3.05) is 6.54 Å². The van der Waals surface area contributed by atoms with Crippen LogP contribution >= 0.6 is 0 Å². The zero-order chi connectivity index (χ0) is 12.8. The Kier molecular flexibility index (Phi) is 5.46. The molecule has 4 nitrogen and oxygen atoms in total. The van der Waals surface area contributed by atoms with Crippen molar-refractivity contribution >= 4 is 5.91 Å². The van der Waals surface area contributed by atoms with Gasteiger partial charge in [-0.2, -0.15) is 5.26 Å². The lowest BCUT2D eigenvalue weighted by atomic mass is 9.86. The molecule has 0 aliphatic rings. The Morgan fingerprint density at radius 2 is 1.94 bits per heavy atom. The zero-order valence-electron chi connectivity index (χ0n) is 10.8. The summed E-state index contributed by atoms with van der Waals surface area (Å²) in [6.45, 7) is 8.90. The highest BCUT2D eigenvalue weighted by Gasteiger charge is 2.24. The Morgan fingerprint density at radius 3 is 2.38 bits per heavy atom. The topological polar surface area (TPSA) is 78.9 Å². The maximum Gasteiger partial charge on any atom is 0.219 e. The first-order valence-corrected chi connectivity index (χ1v) is 5.59. The molecule has 0 aromatic rings. The van der Waals surface area contributed by atoms with Crippen LogP contribution in [0.5, 0.6) is 0 Å². The second kappa shape index (κ2) is 5.86. The molecule has 0 unspecified atom stereocenters. The molecule has 0 atom stereocenters. The molecule has 0 fully saturated rings. The number of carbonyl (C=O) groups excluding carboxylic acids is 1. The van der Waals surface area contributed by atoms with Gasteiger partial charge in [0.1, 0.15) is 0 Å². The van der Waals surface area contributed by atoms with E-state index in [1.807, 2.05) is 13.8 Å². The van der Waals surface area contributed by atoms with Crippen molar-refractivity contribution in [2.45, 2.75) is 52.5 Å². The third-order valence-corrected chi connectivity index (χ3v) is 2.58. The van der Waals surface area contributed by atoms with Gasteiger partial charge < -0.3 is 11.1 Å². The summed E-state index contributed by atoms with van der Waals surface area (Å²) in [5.74, 6) is -0.299. The molecule has 16 heavy (non-hydrogen) atoms. The molecule has 0 spiro atoms. The van der Waals surface area contributed by atoms with Crippen molar-refractivity contribution in [3.8, 4) is 6.07 Å². The van der Waals surface area contributed by atoms with Crippen LogP contribution in [0.3, 0.4) is 0 Å². The molecule has 0 saturated carbocycles. The Bertz CT molecular complexity index is 276. The third kappa shape index (κ3) is 7.24. The van der Waals surface area contributed by atoms with Gasteiger partial charge in [0.15, 0.2) is 0 Å². The molecule has 1 amide bonds. The normalized spacial score (nSPS) is 12.2. The Hall–Kier alpha value is -1.08. The number of nitrogens with one attached hydrogen (secondary N) is 1. The summed E-state index contributed by atoms with van der Waals surface area (Å²) in [5.41, 5.74) is 4.95. The minimum atomic E-state index is -0.299. The first-order valence-electron chi connectivity index (χ1n) is 5.59.